The number of para-hydroxylation sites is 1. The van der Waals surface area contributed by atoms with Crippen LogP contribution in [0.5, 0.6) is 0 Å². The van der Waals surface area contributed by atoms with E-state index >= 15 is 0 Å². The SMILES string of the molecule is C[C@H](Nc1nc(N)ncc1C#N)c1cc2cccc(-c3ccc(F)cc3)c2c(=O)n1-c1ccccc1. The highest BCUT2D eigenvalue weighted by Gasteiger charge is 2.20. The van der Waals surface area contributed by atoms with Crippen LogP contribution in [-0.2, 0) is 0 Å². The number of nitriles is 1. The van der Waals surface area contributed by atoms with Gasteiger partial charge in [0.1, 0.15) is 23.3 Å². The summed E-state index contributed by atoms with van der Waals surface area (Å²) in [7, 11) is 0. The molecule has 2 aromatic heterocycles. The highest BCUT2D eigenvalue weighted by Crippen LogP contribution is 2.30. The summed E-state index contributed by atoms with van der Waals surface area (Å²) in [6, 6.07) is 24.6. The summed E-state index contributed by atoms with van der Waals surface area (Å²) in [4.78, 5) is 22.2. The van der Waals surface area contributed by atoms with Gasteiger partial charge in [0.15, 0.2) is 0 Å². The first-order valence-corrected chi connectivity index (χ1v) is 11.3. The van der Waals surface area contributed by atoms with Gasteiger partial charge in [-0.15, -0.1) is 0 Å². The summed E-state index contributed by atoms with van der Waals surface area (Å²) in [5, 5.41) is 14.0. The molecule has 3 N–H and O–H groups in total. The maximum atomic E-state index is 14.1. The molecule has 5 rings (SSSR count). The Labute approximate surface area is 206 Å². The molecule has 36 heavy (non-hydrogen) atoms. The lowest BCUT2D eigenvalue weighted by atomic mass is 9.98. The quantitative estimate of drug-likeness (QED) is 0.360. The van der Waals surface area contributed by atoms with Crippen LogP contribution in [0, 0.1) is 17.1 Å². The van der Waals surface area contributed by atoms with E-state index in [1.807, 2.05) is 61.5 Å². The van der Waals surface area contributed by atoms with Crippen molar-refractivity contribution in [3.8, 4) is 22.9 Å². The number of nitrogens with one attached hydrogen (secondary N) is 1. The molecule has 0 aliphatic rings. The number of aromatic nitrogens is 3. The third kappa shape index (κ3) is 4.14. The van der Waals surface area contributed by atoms with Crippen molar-refractivity contribution >= 4 is 22.5 Å². The average molecular weight is 477 g/mol. The molecule has 0 unspecified atom stereocenters. The molecule has 0 saturated carbocycles. The molecular formula is C28H21FN6O. The number of anilines is 2. The number of hydrogen-bond donors (Lipinski definition) is 2. The molecule has 0 bridgehead atoms. The van der Waals surface area contributed by atoms with Gasteiger partial charge < -0.3 is 11.1 Å². The van der Waals surface area contributed by atoms with E-state index in [0.717, 1.165) is 10.9 Å². The topological polar surface area (TPSA) is 110 Å². The predicted octanol–water partition coefficient (Wildman–Crippen LogP) is 5.21. The Balaban J connectivity index is 1.74. The number of hydrogen-bond acceptors (Lipinski definition) is 6. The number of benzene rings is 3. The van der Waals surface area contributed by atoms with Gasteiger partial charge in [-0.25, -0.2) is 9.37 Å². The molecule has 0 saturated heterocycles. The number of halogens is 1. The molecule has 0 aliphatic carbocycles. The normalized spacial score (nSPS) is 11.7. The van der Waals surface area contributed by atoms with Gasteiger partial charge in [0.2, 0.25) is 5.95 Å². The van der Waals surface area contributed by atoms with Crippen LogP contribution in [0.15, 0.2) is 89.9 Å². The second-order valence-corrected chi connectivity index (χ2v) is 8.29. The summed E-state index contributed by atoms with van der Waals surface area (Å²) in [5.41, 5.74) is 8.57. The molecule has 0 fully saturated rings. The molecule has 0 spiro atoms. The summed E-state index contributed by atoms with van der Waals surface area (Å²) >= 11 is 0. The van der Waals surface area contributed by atoms with E-state index < -0.39 is 6.04 Å². The molecule has 3 aromatic carbocycles. The molecule has 8 heteroatoms. The molecule has 5 aromatic rings. The summed E-state index contributed by atoms with van der Waals surface area (Å²) in [6.07, 6.45) is 1.36. The van der Waals surface area contributed by atoms with Gasteiger partial charge in [-0.1, -0.05) is 48.5 Å². The van der Waals surface area contributed by atoms with Crippen molar-refractivity contribution in [3.63, 3.8) is 0 Å². The first kappa shape index (κ1) is 22.7. The summed E-state index contributed by atoms with van der Waals surface area (Å²) in [5.74, 6) is -0.0266. The predicted molar refractivity (Wildman–Crippen MR) is 138 cm³/mol. The highest BCUT2D eigenvalue weighted by molar-refractivity contribution is 5.96. The van der Waals surface area contributed by atoms with Gasteiger partial charge in [0.05, 0.1) is 17.6 Å². The largest absolute Gasteiger partial charge is 0.368 e. The van der Waals surface area contributed by atoms with Crippen LogP contribution in [0.2, 0.25) is 0 Å². The lowest BCUT2D eigenvalue weighted by Gasteiger charge is -2.22. The van der Waals surface area contributed by atoms with Gasteiger partial charge in [0, 0.05) is 11.4 Å². The Hall–Kier alpha value is -5.03. The smallest absolute Gasteiger partial charge is 0.263 e. The van der Waals surface area contributed by atoms with Gasteiger partial charge >= 0.3 is 0 Å². The molecule has 0 radical (unpaired) electrons. The van der Waals surface area contributed by atoms with E-state index in [-0.39, 0.29) is 28.7 Å². The second kappa shape index (κ2) is 9.31. The number of fused-ring (bicyclic) bond motifs is 1. The Morgan fingerprint density at radius 2 is 1.81 bits per heavy atom. The van der Waals surface area contributed by atoms with Gasteiger partial charge in [-0.3, -0.25) is 9.36 Å². The van der Waals surface area contributed by atoms with Crippen LogP contribution < -0.4 is 16.6 Å². The van der Waals surface area contributed by atoms with Gasteiger partial charge in [0.25, 0.3) is 5.56 Å². The van der Waals surface area contributed by atoms with E-state index in [0.29, 0.717) is 22.3 Å². The van der Waals surface area contributed by atoms with Crippen molar-refractivity contribution < 1.29 is 4.39 Å². The van der Waals surface area contributed by atoms with Gasteiger partial charge in [-0.2, -0.15) is 10.2 Å². The first-order valence-electron chi connectivity index (χ1n) is 11.3. The number of rotatable bonds is 5. The van der Waals surface area contributed by atoms with Crippen LogP contribution >= 0.6 is 0 Å². The third-order valence-electron chi connectivity index (χ3n) is 5.97. The Kier molecular flexibility index (Phi) is 5.88. The second-order valence-electron chi connectivity index (χ2n) is 8.29. The molecular weight excluding hydrogens is 455 g/mol. The molecule has 2 heterocycles. The highest BCUT2D eigenvalue weighted by atomic mass is 19.1. The number of nitrogen functional groups attached to an aromatic ring is 1. The lowest BCUT2D eigenvalue weighted by molar-refractivity contribution is 0.628. The Morgan fingerprint density at radius 3 is 2.53 bits per heavy atom. The zero-order chi connectivity index (χ0) is 25.2. The lowest BCUT2D eigenvalue weighted by Crippen LogP contribution is -2.26. The van der Waals surface area contributed by atoms with Crippen LogP contribution in [0.1, 0.15) is 24.2 Å². The molecule has 0 amide bonds. The Bertz CT molecular complexity index is 1670. The fourth-order valence-electron chi connectivity index (χ4n) is 4.28. The van der Waals surface area contributed by atoms with Crippen LogP contribution in [-0.4, -0.2) is 14.5 Å². The fourth-order valence-corrected chi connectivity index (χ4v) is 4.28. The number of nitrogens with zero attached hydrogens (tertiary/aromatic N) is 4. The zero-order valence-electron chi connectivity index (χ0n) is 19.3. The minimum atomic E-state index is -0.432. The number of nitrogens with two attached hydrogens (primary N) is 1. The minimum absolute atomic E-state index is 0.0339. The standard InChI is InChI=1S/C28H21FN6O/c1-17(33-26-20(15-30)16-32-28(31)34-26)24-14-19-6-5-9-23(18-10-12-21(29)13-11-18)25(19)27(36)35(24)22-7-3-2-4-8-22/h2-14,16-17H,1H3,(H3,31,32,33,34)/t17-/m0/s1. The molecule has 1 atom stereocenters. The fraction of sp³-hybridized carbons (Fsp3) is 0.0714. The van der Waals surface area contributed by atoms with E-state index in [4.69, 9.17) is 5.73 Å². The maximum absolute atomic E-state index is 14.1. The van der Waals surface area contributed by atoms with E-state index in [2.05, 4.69) is 21.4 Å². The van der Waals surface area contributed by atoms with E-state index in [9.17, 15) is 14.4 Å². The van der Waals surface area contributed by atoms with Crippen molar-refractivity contribution in [1.82, 2.24) is 14.5 Å². The van der Waals surface area contributed by atoms with Gasteiger partial charge in [-0.05, 0) is 53.8 Å². The summed E-state index contributed by atoms with van der Waals surface area (Å²) < 4.78 is 15.2. The maximum Gasteiger partial charge on any atom is 0.263 e. The van der Waals surface area contributed by atoms with E-state index in [1.54, 1.807) is 16.7 Å². The van der Waals surface area contributed by atoms with Crippen LogP contribution in [0.4, 0.5) is 16.2 Å². The summed E-state index contributed by atoms with van der Waals surface area (Å²) in [6.45, 7) is 1.88. The zero-order valence-corrected chi connectivity index (χ0v) is 19.3. The first-order chi connectivity index (χ1) is 17.5. The number of pyridine rings is 1. The van der Waals surface area contributed by atoms with Crippen molar-refractivity contribution in [1.29, 1.82) is 5.26 Å². The van der Waals surface area contributed by atoms with E-state index in [1.165, 1.54) is 18.3 Å². The van der Waals surface area contributed by atoms with Crippen molar-refractivity contribution in [3.05, 3.63) is 112 Å². The molecule has 176 valence electrons. The van der Waals surface area contributed by atoms with Crippen molar-refractivity contribution in [2.75, 3.05) is 11.1 Å². The molecule has 7 nitrogen and oxygen atoms in total. The minimum Gasteiger partial charge on any atom is -0.368 e. The van der Waals surface area contributed by atoms with Crippen LogP contribution in [0.3, 0.4) is 0 Å². The Morgan fingerprint density at radius 1 is 1.06 bits per heavy atom. The van der Waals surface area contributed by atoms with Crippen molar-refractivity contribution in [2.45, 2.75) is 13.0 Å². The third-order valence-corrected chi connectivity index (χ3v) is 5.97. The van der Waals surface area contributed by atoms with Crippen LogP contribution in [0.25, 0.3) is 27.6 Å². The molecule has 0 aliphatic heterocycles. The van der Waals surface area contributed by atoms with Crippen molar-refractivity contribution in [2.24, 2.45) is 0 Å². The average Bonchev–Trinajstić information content (AvgIpc) is 2.89. The monoisotopic (exact) mass is 476 g/mol.